The van der Waals surface area contributed by atoms with Gasteiger partial charge in [-0.05, 0) is 50.5 Å². The van der Waals surface area contributed by atoms with E-state index in [1.165, 1.54) is 5.56 Å². The zero-order valence-corrected chi connectivity index (χ0v) is 13.1. The van der Waals surface area contributed by atoms with Crippen LogP contribution in [0, 0.1) is 0 Å². The minimum absolute atomic E-state index is 0.0192. The van der Waals surface area contributed by atoms with Gasteiger partial charge < -0.3 is 9.47 Å². The maximum absolute atomic E-state index is 6.19. The van der Waals surface area contributed by atoms with Gasteiger partial charge in [0.2, 0.25) is 0 Å². The lowest BCUT2D eigenvalue weighted by Crippen LogP contribution is -2.52. The van der Waals surface area contributed by atoms with Gasteiger partial charge in [-0.1, -0.05) is 11.6 Å². The topological polar surface area (TPSA) is 56.5 Å². The molecule has 0 fully saturated rings. The van der Waals surface area contributed by atoms with Crippen molar-refractivity contribution in [2.45, 2.75) is 45.3 Å². The summed E-state index contributed by atoms with van der Waals surface area (Å²) in [6, 6.07) is 3.92. The number of nitrogens with one attached hydrogen (secondary N) is 1. The van der Waals surface area contributed by atoms with Crippen LogP contribution in [0.15, 0.2) is 12.1 Å². The van der Waals surface area contributed by atoms with E-state index in [1.807, 2.05) is 32.9 Å². The number of hydrogen-bond acceptors (Lipinski definition) is 4. The molecule has 0 radical (unpaired) electrons. The van der Waals surface area contributed by atoms with Crippen LogP contribution >= 0.6 is 11.6 Å². The predicted molar refractivity (Wildman–Crippen MR) is 81.2 cm³/mol. The fraction of sp³-hybridized carbons (Fsp3) is 0.600. The van der Waals surface area contributed by atoms with Gasteiger partial charge in [-0.15, -0.1) is 0 Å². The number of halogens is 1. The summed E-state index contributed by atoms with van der Waals surface area (Å²) in [7, 11) is 0. The summed E-state index contributed by atoms with van der Waals surface area (Å²) in [5.41, 5.74) is 4.76. The molecule has 1 aromatic carbocycles. The maximum atomic E-state index is 6.19. The van der Waals surface area contributed by atoms with E-state index in [0.29, 0.717) is 13.0 Å². The van der Waals surface area contributed by atoms with Crippen molar-refractivity contribution in [3.63, 3.8) is 0 Å². The second kappa shape index (κ2) is 6.31. The smallest absolute Gasteiger partial charge is 0.125 e. The van der Waals surface area contributed by atoms with Crippen molar-refractivity contribution in [1.29, 1.82) is 0 Å². The highest BCUT2D eigenvalue weighted by Crippen LogP contribution is 2.34. The summed E-state index contributed by atoms with van der Waals surface area (Å²) < 4.78 is 11.5. The number of nitrogens with two attached hydrogens (primary N) is 1. The fourth-order valence-corrected chi connectivity index (χ4v) is 2.96. The van der Waals surface area contributed by atoms with E-state index in [2.05, 4.69) is 5.43 Å². The predicted octanol–water partition coefficient (Wildman–Crippen LogP) is 2.46. The first-order valence-electron chi connectivity index (χ1n) is 7.02. The van der Waals surface area contributed by atoms with Crippen LogP contribution in [0.1, 0.15) is 31.9 Å². The van der Waals surface area contributed by atoms with Gasteiger partial charge in [0.15, 0.2) is 0 Å². The lowest BCUT2D eigenvalue weighted by Gasteiger charge is -2.34. The van der Waals surface area contributed by atoms with Crippen LogP contribution in [0.2, 0.25) is 5.02 Å². The van der Waals surface area contributed by atoms with Crippen molar-refractivity contribution < 1.29 is 9.47 Å². The Morgan fingerprint density at radius 2 is 2.25 bits per heavy atom. The number of hydrogen-bond donors (Lipinski definition) is 2. The molecule has 1 heterocycles. The zero-order chi connectivity index (χ0) is 14.8. The summed E-state index contributed by atoms with van der Waals surface area (Å²) in [6.45, 7) is 7.42. The summed E-state index contributed by atoms with van der Waals surface area (Å²) in [5, 5.41) is 0.745. The van der Waals surface area contributed by atoms with Crippen molar-refractivity contribution in [3.8, 4) is 5.75 Å². The molecule has 3 N–H and O–H groups in total. The van der Waals surface area contributed by atoms with E-state index in [9.17, 15) is 0 Å². The second-order valence-electron chi connectivity index (χ2n) is 5.61. The SMILES string of the molecule is CCOC(C)(C)C(Cc1cc(Cl)cc2c1OCC2)NN. The van der Waals surface area contributed by atoms with Gasteiger partial charge in [0, 0.05) is 18.1 Å². The Kier molecular flexibility index (Phi) is 4.91. The zero-order valence-electron chi connectivity index (χ0n) is 12.3. The Labute approximate surface area is 125 Å². The maximum Gasteiger partial charge on any atom is 0.125 e. The van der Waals surface area contributed by atoms with Crippen molar-refractivity contribution in [3.05, 3.63) is 28.3 Å². The molecule has 0 saturated heterocycles. The molecule has 1 aromatic rings. The molecule has 0 aliphatic carbocycles. The molecule has 1 aliphatic heterocycles. The first-order valence-corrected chi connectivity index (χ1v) is 7.40. The molecule has 20 heavy (non-hydrogen) atoms. The normalized spacial score (nSPS) is 15.8. The van der Waals surface area contributed by atoms with E-state index in [4.69, 9.17) is 26.9 Å². The van der Waals surface area contributed by atoms with E-state index < -0.39 is 0 Å². The third kappa shape index (κ3) is 3.26. The van der Waals surface area contributed by atoms with E-state index in [1.54, 1.807) is 0 Å². The lowest BCUT2D eigenvalue weighted by molar-refractivity contribution is -0.0381. The van der Waals surface area contributed by atoms with Gasteiger partial charge >= 0.3 is 0 Å². The van der Waals surface area contributed by atoms with Crippen LogP contribution in [-0.4, -0.2) is 24.9 Å². The van der Waals surface area contributed by atoms with Crippen LogP contribution in [-0.2, 0) is 17.6 Å². The highest BCUT2D eigenvalue weighted by atomic mass is 35.5. The highest BCUT2D eigenvalue weighted by molar-refractivity contribution is 6.30. The first kappa shape index (κ1) is 15.6. The average molecular weight is 299 g/mol. The second-order valence-corrected chi connectivity index (χ2v) is 6.05. The Morgan fingerprint density at radius 3 is 2.90 bits per heavy atom. The minimum atomic E-state index is -0.364. The van der Waals surface area contributed by atoms with E-state index >= 15 is 0 Å². The molecule has 1 atom stereocenters. The van der Waals surface area contributed by atoms with Crippen molar-refractivity contribution in [1.82, 2.24) is 5.43 Å². The molecular weight excluding hydrogens is 276 g/mol. The van der Waals surface area contributed by atoms with Gasteiger partial charge in [0.25, 0.3) is 0 Å². The number of ether oxygens (including phenoxy) is 2. The van der Waals surface area contributed by atoms with E-state index in [-0.39, 0.29) is 11.6 Å². The molecule has 0 saturated carbocycles. The molecule has 1 unspecified atom stereocenters. The Morgan fingerprint density at radius 1 is 1.50 bits per heavy atom. The van der Waals surface area contributed by atoms with Crippen LogP contribution in [0.5, 0.6) is 5.75 Å². The van der Waals surface area contributed by atoms with Crippen LogP contribution in [0.3, 0.4) is 0 Å². The third-order valence-electron chi connectivity index (χ3n) is 3.81. The van der Waals surface area contributed by atoms with E-state index in [0.717, 1.165) is 29.4 Å². The molecule has 2 rings (SSSR count). The van der Waals surface area contributed by atoms with Crippen molar-refractivity contribution in [2.24, 2.45) is 5.84 Å². The van der Waals surface area contributed by atoms with Crippen molar-refractivity contribution >= 4 is 11.6 Å². The highest BCUT2D eigenvalue weighted by Gasteiger charge is 2.31. The Bertz CT molecular complexity index is 477. The Hall–Kier alpha value is -0.810. The number of hydrazine groups is 1. The standard InChI is InChI=1S/C15H23ClN2O2/c1-4-20-15(2,3)13(18-17)9-11-8-12(16)7-10-5-6-19-14(10)11/h7-8,13,18H,4-6,9,17H2,1-3H3. The van der Waals surface area contributed by atoms with Crippen LogP contribution < -0.4 is 16.0 Å². The summed E-state index contributed by atoms with van der Waals surface area (Å²) in [6.07, 6.45) is 1.63. The van der Waals surface area contributed by atoms with Crippen molar-refractivity contribution in [2.75, 3.05) is 13.2 Å². The fourth-order valence-electron chi connectivity index (χ4n) is 2.70. The average Bonchev–Trinajstić information content (AvgIpc) is 2.83. The molecule has 0 amide bonds. The number of rotatable bonds is 6. The third-order valence-corrected chi connectivity index (χ3v) is 4.02. The Balaban J connectivity index is 2.24. The molecule has 0 aromatic heterocycles. The molecule has 4 nitrogen and oxygen atoms in total. The lowest BCUT2D eigenvalue weighted by atomic mass is 9.91. The molecule has 5 heteroatoms. The van der Waals surface area contributed by atoms with Gasteiger partial charge in [-0.25, -0.2) is 0 Å². The van der Waals surface area contributed by atoms with Crippen LogP contribution in [0.4, 0.5) is 0 Å². The van der Waals surface area contributed by atoms with Gasteiger partial charge in [0.1, 0.15) is 5.75 Å². The molecule has 112 valence electrons. The van der Waals surface area contributed by atoms with Gasteiger partial charge in [-0.3, -0.25) is 11.3 Å². The summed E-state index contributed by atoms with van der Waals surface area (Å²) in [5.74, 6) is 6.68. The molecule has 0 spiro atoms. The number of benzene rings is 1. The first-order chi connectivity index (χ1) is 9.47. The summed E-state index contributed by atoms with van der Waals surface area (Å²) in [4.78, 5) is 0. The van der Waals surface area contributed by atoms with Gasteiger partial charge in [-0.2, -0.15) is 0 Å². The quantitative estimate of drug-likeness (QED) is 0.626. The molecule has 0 bridgehead atoms. The minimum Gasteiger partial charge on any atom is -0.493 e. The molecule has 1 aliphatic rings. The number of fused-ring (bicyclic) bond motifs is 1. The van der Waals surface area contributed by atoms with Crippen LogP contribution in [0.25, 0.3) is 0 Å². The largest absolute Gasteiger partial charge is 0.493 e. The van der Waals surface area contributed by atoms with Gasteiger partial charge in [0.05, 0.1) is 18.2 Å². The molecular formula is C15H23ClN2O2. The summed E-state index contributed by atoms with van der Waals surface area (Å²) >= 11 is 6.19. The monoisotopic (exact) mass is 298 g/mol.